The monoisotopic (exact) mass is 390 g/mol. The summed E-state index contributed by atoms with van der Waals surface area (Å²) in [4.78, 5) is 28.9. The van der Waals surface area contributed by atoms with Gasteiger partial charge in [-0.05, 0) is 38.1 Å². The van der Waals surface area contributed by atoms with Gasteiger partial charge >= 0.3 is 6.03 Å². The molecule has 3 amide bonds. The normalized spacial score (nSPS) is 23.9. The van der Waals surface area contributed by atoms with E-state index < -0.39 is 0 Å². The molecule has 0 aliphatic carbocycles. The van der Waals surface area contributed by atoms with Crippen LogP contribution >= 0.6 is 0 Å². The van der Waals surface area contributed by atoms with Gasteiger partial charge < -0.3 is 25.0 Å². The molecular weight excluding hydrogens is 360 g/mol. The Labute approximate surface area is 166 Å². The van der Waals surface area contributed by atoms with E-state index >= 15 is 0 Å². The SMILES string of the molecule is COc1ccc([C@@H](C)NC(=O)[C@@H]2C[C@H](NC(=O)N3CCOCC3)CN2C)cc1. The van der Waals surface area contributed by atoms with Crippen molar-refractivity contribution in [3.63, 3.8) is 0 Å². The molecule has 0 unspecified atom stereocenters. The van der Waals surface area contributed by atoms with Crippen LogP contribution in [-0.4, -0.2) is 80.8 Å². The molecule has 0 bridgehead atoms. The van der Waals surface area contributed by atoms with Crippen LogP contribution in [0.25, 0.3) is 0 Å². The lowest BCUT2D eigenvalue weighted by atomic mass is 10.1. The second-order valence-corrected chi connectivity index (χ2v) is 7.44. The first-order valence-corrected chi connectivity index (χ1v) is 9.75. The van der Waals surface area contributed by atoms with E-state index in [0.717, 1.165) is 11.3 Å². The number of amides is 3. The molecule has 2 aliphatic rings. The summed E-state index contributed by atoms with van der Waals surface area (Å²) in [5, 5.41) is 6.14. The van der Waals surface area contributed by atoms with Crippen LogP contribution in [0.2, 0.25) is 0 Å². The van der Waals surface area contributed by atoms with Gasteiger partial charge in [0.1, 0.15) is 5.75 Å². The van der Waals surface area contributed by atoms with Gasteiger partial charge in [-0.2, -0.15) is 0 Å². The van der Waals surface area contributed by atoms with E-state index in [4.69, 9.17) is 9.47 Å². The summed E-state index contributed by atoms with van der Waals surface area (Å²) >= 11 is 0. The highest BCUT2D eigenvalue weighted by atomic mass is 16.5. The summed E-state index contributed by atoms with van der Waals surface area (Å²) in [6, 6.07) is 7.21. The van der Waals surface area contributed by atoms with Crippen molar-refractivity contribution in [1.29, 1.82) is 0 Å². The Hall–Kier alpha value is -2.32. The third-order valence-electron chi connectivity index (χ3n) is 5.45. The fourth-order valence-electron chi connectivity index (χ4n) is 3.73. The summed E-state index contributed by atoms with van der Waals surface area (Å²) in [5.74, 6) is 0.769. The fraction of sp³-hybridized carbons (Fsp3) is 0.600. The van der Waals surface area contributed by atoms with Gasteiger partial charge in [0.2, 0.25) is 5.91 Å². The second kappa shape index (κ2) is 9.25. The van der Waals surface area contributed by atoms with Crippen LogP contribution in [-0.2, 0) is 9.53 Å². The van der Waals surface area contributed by atoms with Crippen LogP contribution in [0.4, 0.5) is 4.79 Å². The van der Waals surface area contributed by atoms with Crippen LogP contribution < -0.4 is 15.4 Å². The number of ether oxygens (including phenoxy) is 2. The summed E-state index contributed by atoms with van der Waals surface area (Å²) in [5.41, 5.74) is 1.02. The molecule has 0 aromatic heterocycles. The number of nitrogens with one attached hydrogen (secondary N) is 2. The first-order valence-electron chi connectivity index (χ1n) is 9.75. The zero-order valence-corrected chi connectivity index (χ0v) is 16.8. The standard InChI is InChI=1S/C20H30N4O4/c1-14(15-4-6-17(27-3)7-5-15)21-19(25)18-12-16(13-23(18)2)22-20(26)24-8-10-28-11-9-24/h4-7,14,16,18H,8-13H2,1-3H3,(H,21,25)(H,22,26)/t14-,16+,18+/m1/s1. The predicted octanol–water partition coefficient (Wildman–Crippen LogP) is 0.987. The second-order valence-electron chi connectivity index (χ2n) is 7.44. The van der Waals surface area contributed by atoms with Crippen molar-refractivity contribution in [1.82, 2.24) is 20.4 Å². The lowest BCUT2D eigenvalue weighted by Crippen LogP contribution is -2.49. The van der Waals surface area contributed by atoms with Gasteiger partial charge in [-0.15, -0.1) is 0 Å². The molecule has 2 heterocycles. The zero-order chi connectivity index (χ0) is 20.1. The number of benzene rings is 1. The Morgan fingerprint density at radius 3 is 2.54 bits per heavy atom. The molecule has 8 heteroatoms. The number of rotatable bonds is 5. The maximum Gasteiger partial charge on any atom is 0.317 e. The molecule has 2 N–H and O–H groups in total. The molecule has 0 radical (unpaired) electrons. The minimum Gasteiger partial charge on any atom is -0.497 e. The van der Waals surface area contributed by atoms with Crippen molar-refractivity contribution in [3.05, 3.63) is 29.8 Å². The Morgan fingerprint density at radius 1 is 1.21 bits per heavy atom. The van der Waals surface area contributed by atoms with E-state index in [1.54, 1.807) is 12.0 Å². The minimum absolute atomic E-state index is 0.0195. The number of carbonyl (C=O) groups excluding carboxylic acids is 2. The van der Waals surface area contributed by atoms with Gasteiger partial charge in [-0.3, -0.25) is 9.69 Å². The minimum atomic E-state index is -0.254. The molecular formula is C20H30N4O4. The average molecular weight is 390 g/mol. The molecule has 28 heavy (non-hydrogen) atoms. The van der Waals surface area contributed by atoms with Crippen molar-refractivity contribution in [2.75, 3.05) is 47.0 Å². The number of hydrogen-bond acceptors (Lipinski definition) is 5. The number of morpholine rings is 1. The van der Waals surface area contributed by atoms with Crippen molar-refractivity contribution < 1.29 is 19.1 Å². The summed E-state index contributed by atoms with van der Waals surface area (Å²) in [6.07, 6.45) is 0.605. The van der Waals surface area contributed by atoms with Crippen molar-refractivity contribution in [2.24, 2.45) is 0 Å². The lowest BCUT2D eigenvalue weighted by molar-refractivity contribution is -0.125. The van der Waals surface area contributed by atoms with Gasteiger partial charge in [-0.1, -0.05) is 12.1 Å². The molecule has 1 aromatic carbocycles. The van der Waals surface area contributed by atoms with E-state index in [0.29, 0.717) is 39.3 Å². The van der Waals surface area contributed by atoms with Crippen LogP contribution in [0.3, 0.4) is 0 Å². The van der Waals surface area contributed by atoms with Gasteiger partial charge in [0, 0.05) is 25.7 Å². The Bertz CT molecular complexity index is 675. The molecule has 154 valence electrons. The van der Waals surface area contributed by atoms with Crippen molar-refractivity contribution >= 4 is 11.9 Å². The molecule has 1 aromatic rings. The first kappa shape index (κ1) is 20.4. The number of methoxy groups -OCH3 is 1. The third kappa shape index (κ3) is 4.94. The van der Waals surface area contributed by atoms with Gasteiger partial charge in [0.05, 0.1) is 32.4 Å². The Morgan fingerprint density at radius 2 is 1.89 bits per heavy atom. The number of hydrogen-bond donors (Lipinski definition) is 2. The average Bonchev–Trinajstić information content (AvgIpc) is 3.08. The van der Waals surface area contributed by atoms with E-state index in [1.807, 2.05) is 43.1 Å². The number of likely N-dealkylation sites (tertiary alicyclic amines) is 1. The predicted molar refractivity (Wildman–Crippen MR) is 105 cm³/mol. The molecule has 0 saturated carbocycles. The van der Waals surface area contributed by atoms with Crippen LogP contribution in [0.5, 0.6) is 5.75 Å². The number of carbonyl (C=O) groups is 2. The number of likely N-dealkylation sites (N-methyl/N-ethyl adjacent to an activating group) is 1. The van der Waals surface area contributed by atoms with E-state index in [2.05, 4.69) is 10.6 Å². The quantitative estimate of drug-likeness (QED) is 0.783. The first-order chi connectivity index (χ1) is 13.5. The summed E-state index contributed by atoms with van der Waals surface area (Å²) in [7, 11) is 3.55. The van der Waals surface area contributed by atoms with Crippen molar-refractivity contribution in [3.8, 4) is 5.75 Å². The highest BCUT2D eigenvalue weighted by Crippen LogP contribution is 2.20. The molecule has 3 atom stereocenters. The largest absolute Gasteiger partial charge is 0.497 e. The van der Waals surface area contributed by atoms with Crippen LogP contribution in [0.15, 0.2) is 24.3 Å². The summed E-state index contributed by atoms with van der Waals surface area (Å²) < 4.78 is 10.5. The van der Waals surface area contributed by atoms with E-state index in [9.17, 15) is 9.59 Å². The van der Waals surface area contributed by atoms with E-state index in [1.165, 1.54) is 0 Å². The van der Waals surface area contributed by atoms with E-state index in [-0.39, 0.29) is 30.1 Å². The topological polar surface area (TPSA) is 83.1 Å². The highest BCUT2D eigenvalue weighted by molar-refractivity contribution is 5.83. The van der Waals surface area contributed by atoms with Crippen LogP contribution in [0.1, 0.15) is 24.9 Å². The number of nitrogens with zero attached hydrogens (tertiary/aromatic N) is 2. The lowest BCUT2D eigenvalue weighted by Gasteiger charge is -2.28. The molecule has 8 nitrogen and oxygen atoms in total. The summed E-state index contributed by atoms with van der Waals surface area (Å²) in [6.45, 7) is 4.99. The number of urea groups is 1. The molecule has 2 aliphatic heterocycles. The zero-order valence-electron chi connectivity index (χ0n) is 16.8. The maximum atomic E-state index is 12.8. The van der Waals surface area contributed by atoms with Crippen LogP contribution in [0, 0.1) is 0 Å². The highest BCUT2D eigenvalue weighted by Gasteiger charge is 2.36. The third-order valence-corrected chi connectivity index (χ3v) is 5.45. The Balaban J connectivity index is 1.51. The van der Waals surface area contributed by atoms with Gasteiger partial charge in [0.25, 0.3) is 0 Å². The fourth-order valence-corrected chi connectivity index (χ4v) is 3.73. The molecule has 2 saturated heterocycles. The van der Waals surface area contributed by atoms with Crippen molar-refractivity contribution in [2.45, 2.75) is 31.5 Å². The van der Waals surface area contributed by atoms with Gasteiger partial charge in [0.15, 0.2) is 0 Å². The molecule has 3 rings (SSSR count). The Kier molecular flexibility index (Phi) is 6.74. The molecule has 0 spiro atoms. The maximum absolute atomic E-state index is 12.8. The van der Waals surface area contributed by atoms with Gasteiger partial charge in [-0.25, -0.2) is 4.79 Å². The molecule has 2 fully saturated rings. The smallest absolute Gasteiger partial charge is 0.317 e.